The van der Waals surface area contributed by atoms with Gasteiger partial charge >= 0.3 is 5.97 Å². The van der Waals surface area contributed by atoms with E-state index < -0.39 is 5.97 Å². The van der Waals surface area contributed by atoms with E-state index in [-0.39, 0.29) is 5.56 Å². The van der Waals surface area contributed by atoms with Crippen molar-refractivity contribution in [2.45, 2.75) is 0 Å². The third-order valence-electron chi connectivity index (χ3n) is 3.23. The molecule has 21 heavy (non-hydrogen) atoms. The van der Waals surface area contributed by atoms with E-state index in [2.05, 4.69) is 10.1 Å². The molecule has 1 N–H and O–H groups in total. The molecule has 0 fully saturated rings. The number of carbonyl (C=O) groups is 1. The molecule has 0 aliphatic rings. The van der Waals surface area contributed by atoms with Crippen LogP contribution in [-0.2, 0) is 7.05 Å². The SMILES string of the molecule is Cn1cc(-c2ccc(C(=O)O)cc2)c(-c2ccncc2)n1. The van der Waals surface area contributed by atoms with Crippen LogP contribution in [0, 0.1) is 0 Å². The fourth-order valence-corrected chi connectivity index (χ4v) is 2.22. The third kappa shape index (κ3) is 2.53. The van der Waals surface area contributed by atoms with Crippen LogP contribution in [-0.4, -0.2) is 25.8 Å². The molecule has 0 unspecified atom stereocenters. The first-order valence-electron chi connectivity index (χ1n) is 6.43. The van der Waals surface area contributed by atoms with E-state index in [1.165, 1.54) is 0 Å². The molecule has 2 heterocycles. The molecular formula is C16H13N3O2. The van der Waals surface area contributed by atoms with Gasteiger partial charge in [0, 0.05) is 36.8 Å². The molecule has 3 aromatic rings. The summed E-state index contributed by atoms with van der Waals surface area (Å²) in [5.74, 6) is -0.929. The summed E-state index contributed by atoms with van der Waals surface area (Å²) in [6, 6.07) is 10.6. The van der Waals surface area contributed by atoms with Crippen molar-refractivity contribution in [1.29, 1.82) is 0 Å². The van der Waals surface area contributed by atoms with Gasteiger partial charge in [-0.05, 0) is 29.8 Å². The maximum atomic E-state index is 10.9. The summed E-state index contributed by atoms with van der Waals surface area (Å²) in [6.07, 6.45) is 5.37. The number of hydrogen-bond acceptors (Lipinski definition) is 3. The highest BCUT2D eigenvalue weighted by molar-refractivity contribution is 5.89. The minimum atomic E-state index is -0.929. The van der Waals surface area contributed by atoms with Crippen molar-refractivity contribution in [3.63, 3.8) is 0 Å². The lowest BCUT2D eigenvalue weighted by Crippen LogP contribution is -1.95. The zero-order valence-corrected chi connectivity index (χ0v) is 11.4. The molecule has 0 saturated heterocycles. The number of aromatic carboxylic acids is 1. The molecule has 3 rings (SSSR count). The van der Waals surface area contributed by atoms with E-state index in [1.54, 1.807) is 41.3 Å². The summed E-state index contributed by atoms with van der Waals surface area (Å²) >= 11 is 0. The van der Waals surface area contributed by atoms with Crippen LogP contribution in [0.25, 0.3) is 22.4 Å². The maximum Gasteiger partial charge on any atom is 0.335 e. The van der Waals surface area contributed by atoms with E-state index in [0.717, 1.165) is 22.4 Å². The number of benzene rings is 1. The predicted octanol–water partition coefficient (Wildman–Crippen LogP) is 2.85. The molecule has 0 aliphatic carbocycles. The molecule has 1 aromatic carbocycles. The first kappa shape index (κ1) is 13.1. The molecule has 104 valence electrons. The Morgan fingerprint density at radius 2 is 1.71 bits per heavy atom. The topological polar surface area (TPSA) is 68.0 Å². The highest BCUT2D eigenvalue weighted by Crippen LogP contribution is 2.30. The van der Waals surface area contributed by atoms with Crippen LogP contribution in [0.3, 0.4) is 0 Å². The molecule has 0 bridgehead atoms. The summed E-state index contributed by atoms with van der Waals surface area (Å²) in [5, 5.41) is 13.4. The summed E-state index contributed by atoms with van der Waals surface area (Å²) in [4.78, 5) is 14.9. The number of nitrogens with zero attached hydrogens (tertiary/aromatic N) is 3. The Morgan fingerprint density at radius 1 is 1.05 bits per heavy atom. The number of hydrogen-bond donors (Lipinski definition) is 1. The van der Waals surface area contributed by atoms with Crippen LogP contribution in [0.5, 0.6) is 0 Å². The van der Waals surface area contributed by atoms with Crippen molar-refractivity contribution in [3.05, 3.63) is 60.6 Å². The summed E-state index contributed by atoms with van der Waals surface area (Å²) in [5.41, 5.74) is 3.99. The smallest absolute Gasteiger partial charge is 0.335 e. The van der Waals surface area contributed by atoms with E-state index in [0.29, 0.717) is 0 Å². The van der Waals surface area contributed by atoms with Crippen molar-refractivity contribution in [2.24, 2.45) is 7.05 Å². The van der Waals surface area contributed by atoms with Crippen molar-refractivity contribution in [3.8, 4) is 22.4 Å². The Balaban J connectivity index is 2.09. The largest absolute Gasteiger partial charge is 0.478 e. The lowest BCUT2D eigenvalue weighted by atomic mass is 10.0. The molecule has 5 nitrogen and oxygen atoms in total. The van der Waals surface area contributed by atoms with Crippen LogP contribution in [0.1, 0.15) is 10.4 Å². The van der Waals surface area contributed by atoms with Gasteiger partial charge < -0.3 is 5.11 Å². The van der Waals surface area contributed by atoms with Gasteiger partial charge in [-0.2, -0.15) is 5.10 Å². The highest BCUT2D eigenvalue weighted by Gasteiger charge is 2.12. The van der Waals surface area contributed by atoms with Crippen molar-refractivity contribution >= 4 is 5.97 Å². The monoisotopic (exact) mass is 279 g/mol. The molecular weight excluding hydrogens is 266 g/mol. The van der Waals surface area contributed by atoms with E-state index >= 15 is 0 Å². The van der Waals surface area contributed by atoms with Gasteiger partial charge in [0.15, 0.2) is 0 Å². The van der Waals surface area contributed by atoms with Crippen LogP contribution >= 0.6 is 0 Å². The Kier molecular flexibility index (Phi) is 3.23. The molecule has 2 aromatic heterocycles. The van der Waals surface area contributed by atoms with Gasteiger partial charge in [-0.1, -0.05) is 12.1 Å². The number of carboxylic acids is 1. The molecule has 0 radical (unpaired) electrons. The standard InChI is InChI=1S/C16H13N3O2/c1-19-10-14(11-2-4-13(5-3-11)16(20)21)15(18-19)12-6-8-17-9-7-12/h2-10H,1H3,(H,20,21). The van der Waals surface area contributed by atoms with Crippen molar-refractivity contribution in [1.82, 2.24) is 14.8 Å². The Labute approximate surface area is 121 Å². The predicted molar refractivity (Wildman–Crippen MR) is 78.8 cm³/mol. The Bertz CT molecular complexity index is 777. The first-order chi connectivity index (χ1) is 10.1. The van der Waals surface area contributed by atoms with Crippen molar-refractivity contribution in [2.75, 3.05) is 0 Å². The summed E-state index contributed by atoms with van der Waals surface area (Å²) < 4.78 is 1.75. The number of carboxylic acid groups (broad SMARTS) is 1. The zero-order valence-electron chi connectivity index (χ0n) is 11.4. The second kappa shape index (κ2) is 5.20. The molecule has 5 heteroatoms. The van der Waals surface area contributed by atoms with Crippen LogP contribution < -0.4 is 0 Å². The average Bonchev–Trinajstić information content (AvgIpc) is 2.90. The van der Waals surface area contributed by atoms with E-state index in [9.17, 15) is 4.79 Å². The van der Waals surface area contributed by atoms with Gasteiger partial charge in [-0.3, -0.25) is 9.67 Å². The minimum Gasteiger partial charge on any atom is -0.478 e. The fourth-order valence-electron chi connectivity index (χ4n) is 2.22. The number of pyridine rings is 1. The van der Waals surface area contributed by atoms with E-state index in [1.807, 2.05) is 25.4 Å². The van der Waals surface area contributed by atoms with Gasteiger partial charge in [0.05, 0.1) is 5.56 Å². The molecule has 0 amide bonds. The Morgan fingerprint density at radius 3 is 2.33 bits per heavy atom. The van der Waals surface area contributed by atoms with Gasteiger partial charge in [0.2, 0.25) is 0 Å². The van der Waals surface area contributed by atoms with Gasteiger partial charge in [0.25, 0.3) is 0 Å². The lowest BCUT2D eigenvalue weighted by molar-refractivity contribution is 0.0697. The Hall–Kier alpha value is -2.95. The highest BCUT2D eigenvalue weighted by atomic mass is 16.4. The number of aromatic nitrogens is 3. The van der Waals surface area contributed by atoms with Gasteiger partial charge in [-0.25, -0.2) is 4.79 Å². The van der Waals surface area contributed by atoms with Crippen LogP contribution in [0.2, 0.25) is 0 Å². The lowest BCUT2D eigenvalue weighted by Gasteiger charge is -2.03. The van der Waals surface area contributed by atoms with Gasteiger partial charge in [0.1, 0.15) is 5.69 Å². The summed E-state index contributed by atoms with van der Waals surface area (Å²) in [6.45, 7) is 0. The fraction of sp³-hybridized carbons (Fsp3) is 0.0625. The van der Waals surface area contributed by atoms with Crippen LogP contribution in [0.4, 0.5) is 0 Å². The number of aryl methyl sites for hydroxylation is 1. The molecule has 0 spiro atoms. The van der Waals surface area contributed by atoms with Crippen molar-refractivity contribution < 1.29 is 9.90 Å². The second-order valence-electron chi connectivity index (χ2n) is 4.68. The van der Waals surface area contributed by atoms with Gasteiger partial charge in [-0.15, -0.1) is 0 Å². The molecule has 0 aliphatic heterocycles. The van der Waals surface area contributed by atoms with E-state index in [4.69, 9.17) is 5.11 Å². The zero-order chi connectivity index (χ0) is 14.8. The van der Waals surface area contributed by atoms with Crippen LogP contribution in [0.15, 0.2) is 55.0 Å². The summed E-state index contributed by atoms with van der Waals surface area (Å²) in [7, 11) is 1.86. The number of rotatable bonds is 3. The maximum absolute atomic E-state index is 10.9. The normalized spacial score (nSPS) is 10.5. The quantitative estimate of drug-likeness (QED) is 0.800. The average molecular weight is 279 g/mol. The third-order valence-corrected chi connectivity index (χ3v) is 3.23. The first-order valence-corrected chi connectivity index (χ1v) is 6.43. The molecule has 0 atom stereocenters. The second-order valence-corrected chi connectivity index (χ2v) is 4.68. The molecule has 0 saturated carbocycles. The minimum absolute atomic E-state index is 0.271.